The van der Waals surface area contributed by atoms with Crippen molar-refractivity contribution in [2.24, 2.45) is 0 Å². The van der Waals surface area contributed by atoms with Gasteiger partial charge in [-0.1, -0.05) is 37.6 Å². The number of aromatic hydroxyl groups is 1. The fourth-order valence-electron chi connectivity index (χ4n) is 3.72. The van der Waals surface area contributed by atoms with E-state index in [0.717, 1.165) is 54.0 Å². The van der Waals surface area contributed by atoms with Crippen LogP contribution in [0.25, 0.3) is 11.3 Å². The predicted octanol–water partition coefficient (Wildman–Crippen LogP) is 6.86. The molecule has 0 bridgehead atoms. The molecule has 0 unspecified atom stereocenters. The third kappa shape index (κ3) is 8.77. The molecule has 0 spiro atoms. The molecule has 0 aliphatic rings. The maximum absolute atomic E-state index is 12.9. The van der Waals surface area contributed by atoms with Gasteiger partial charge in [0.2, 0.25) is 0 Å². The first-order chi connectivity index (χ1) is 17.5. The molecule has 3 aromatic rings. The zero-order chi connectivity index (χ0) is 27.6. The van der Waals surface area contributed by atoms with Gasteiger partial charge in [0, 0.05) is 31.1 Å². The van der Waals surface area contributed by atoms with Gasteiger partial charge in [0.05, 0.1) is 17.9 Å². The first-order valence-electron chi connectivity index (χ1n) is 12.1. The molecule has 2 aromatic carbocycles. The molecule has 1 heterocycles. The maximum Gasteiger partial charge on any atom is 0.416 e. The van der Waals surface area contributed by atoms with Crippen LogP contribution in [0.1, 0.15) is 55.9 Å². The number of carbonyl (C=O) groups excluding carboxylic acids is 1. The lowest BCUT2D eigenvalue weighted by Crippen LogP contribution is -2.26. The quantitative estimate of drug-likeness (QED) is 0.329. The molecule has 3 rings (SSSR count). The number of phenolic OH excluding ortho intramolecular Hbond substituents is 1. The van der Waals surface area contributed by atoms with E-state index in [1.54, 1.807) is 13.0 Å². The van der Waals surface area contributed by atoms with E-state index in [4.69, 9.17) is 0 Å². The van der Waals surface area contributed by atoms with E-state index in [2.05, 4.69) is 26.5 Å². The molecule has 0 aliphatic carbocycles. The Hall–Kier alpha value is -3.62. The zero-order valence-corrected chi connectivity index (χ0v) is 21.9. The molecular formula is C28H34F3N3O3. The van der Waals surface area contributed by atoms with Crippen molar-refractivity contribution in [2.75, 3.05) is 18.1 Å². The lowest BCUT2D eigenvalue weighted by molar-refractivity contribution is -0.140. The summed E-state index contributed by atoms with van der Waals surface area (Å²) in [5, 5.41) is 9.81. The molecule has 1 N–H and O–H groups in total. The van der Waals surface area contributed by atoms with Crippen LogP contribution in [-0.4, -0.2) is 34.2 Å². The van der Waals surface area contributed by atoms with Crippen LogP contribution >= 0.6 is 0 Å². The summed E-state index contributed by atoms with van der Waals surface area (Å²) >= 11 is 0. The minimum atomic E-state index is -4.37. The number of anilines is 1. The highest BCUT2D eigenvalue weighted by molar-refractivity contribution is 5.68. The number of alkyl halides is 3. The van der Waals surface area contributed by atoms with Crippen molar-refractivity contribution in [1.82, 2.24) is 9.97 Å². The lowest BCUT2D eigenvalue weighted by atomic mass is 10.0. The predicted molar refractivity (Wildman–Crippen MR) is 138 cm³/mol. The van der Waals surface area contributed by atoms with Gasteiger partial charge >= 0.3 is 12.1 Å². The number of hydrogen-bond acceptors (Lipinski definition) is 6. The zero-order valence-electron chi connectivity index (χ0n) is 21.9. The van der Waals surface area contributed by atoms with Gasteiger partial charge in [0.1, 0.15) is 17.9 Å². The minimum Gasteiger partial charge on any atom is -0.508 e. The van der Waals surface area contributed by atoms with E-state index in [1.807, 2.05) is 26.0 Å². The van der Waals surface area contributed by atoms with Crippen LogP contribution in [0.3, 0.4) is 0 Å². The number of benzene rings is 2. The van der Waals surface area contributed by atoms with Gasteiger partial charge < -0.3 is 14.7 Å². The smallest absolute Gasteiger partial charge is 0.416 e. The first kappa shape index (κ1) is 29.6. The molecule has 6 nitrogen and oxygen atoms in total. The van der Waals surface area contributed by atoms with E-state index in [1.165, 1.54) is 25.4 Å². The molecule has 200 valence electrons. The average molecular weight is 518 g/mol. The average Bonchev–Trinajstić information content (AvgIpc) is 2.84. The van der Waals surface area contributed by atoms with Gasteiger partial charge in [-0.2, -0.15) is 13.2 Å². The number of unbranched alkanes of at least 4 members (excludes halogenated alkanes) is 1. The second-order valence-electron chi connectivity index (χ2n) is 8.57. The highest BCUT2D eigenvalue weighted by Crippen LogP contribution is 2.33. The second-order valence-corrected chi connectivity index (χ2v) is 8.57. The number of carbonyl (C=O) groups is 1. The van der Waals surface area contributed by atoms with Crippen molar-refractivity contribution in [3.63, 3.8) is 0 Å². The molecule has 37 heavy (non-hydrogen) atoms. The summed E-state index contributed by atoms with van der Waals surface area (Å²) < 4.78 is 43.1. The number of hydrogen-bond donors (Lipinski definition) is 1. The standard InChI is InChI=1S/C24H26F3N3O.C4H8O2/c1-4-5-12-30(14-18-6-11-21(31)16(2)13-18)23-17(3)22(28-15-29-23)19-7-9-20(10-8-19)24(25,26)27;1-3-6-4(2)5/h6-11,13,15,31H,4-5,12,14H2,1-3H3;3H2,1-2H3. The van der Waals surface area contributed by atoms with Gasteiger partial charge in [0.15, 0.2) is 0 Å². The molecule has 0 aliphatic heterocycles. The first-order valence-corrected chi connectivity index (χ1v) is 12.1. The highest BCUT2D eigenvalue weighted by atomic mass is 19.4. The summed E-state index contributed by atoms with van der Waals surface area (Å²) in [5.74, 6) is 0.799. The SMILES string of the molecule is CCCCN(Cc1ccc(O)c(C)c1)c1ncnc(-c2ccc(C(F)(F)F)cc2)c1C.CCOC(C)=O. The monoisotopic (exact) mass is 517 g/mol. The number of aryl methyl sites for hydroxylation is 1. The fourth-order valence-corrected chi connectivity index (χ4v) is 3.72. The van der Waals surface area contributed by atoms with E-state index in [-0.39, 0.29) is 11.7 Å². The van der Waals surface area contributed by atoms with Crippen LogP contribution in [0, 0.1) is 13.8 Å². The highest BCUT2D eigenvalue weighted by Gasteiger charge is 2.30. The summed E-state index contributed by atoms with van der Waals surface area (Å²) in [4.78, 5) is 20.8. The second kappa shape index (κ2) is 13.6. The van der Waals surface area contributed by atoms with Gasteiger partial charge in [-0.15, -0.1) is 0 Å². The van der Waals surface area contributed by atoms with Crippen LogP contribution in [0.15, 0.2) is 48.8 Å². The fraction of sp³-hybridized carbons (Fsp3) is 0.393. The van der Waals surface area contributed by atoms with E-state index < -0.39 is 11.7 Å². The Morgan fingerprint density at radius 3 is 2.24 bits per heavy atom. The number of esters is 1. The Morgan fingerprint density at radius 2 is 1.73 bits per heavy atom. The van der Waals surface area contributed by atoms with Crippen LogP contribution in [-0.2, 0) is 22.3 Å². The molecule has 0 saturated heterocycles. The normalized spacial score (nSPS) is 10.9. The van der Waals surface area contributed by atoms with Gasteiger partial charge in [-0.05, 0) is 56.5 Å². The van der Waals surface area contributed by atoms with Gasteiger partial charge in [-0.3, -0.25) is 4.79 Å². The third-order valence-corrected chi connectivity index (χ3v) is 5.61. The number of phenols is 1. The van der Waals surface area contributed by atoms with E-state index in [0.29, 0.717) is 24.4 Å². The number of aromatic nitrogens is 2. The number of ether oxygens (including phenoxy) is 1. The molecule has 0 saturated carbocycles. The van der Waals surface area contributed by atoms with Crippen LogP contribution in [0.2, 0.25) is 0 Å². The molecule has 0 radical (unpaired) electrons. The Balaban J connectivity index is 0.000000717. The molecule has 1 aromatic heterocycles. The van der Waals surface area contributed by atoms with Crippen molar-refractivity contribution in [2.45, 2.75) is 60.2 Å². The van der Waals surface area contributed by atoms with Crippen molar-refractivity contribution in [3.8, 4) is 17.0 Å². The number of rotatable bonds is 8. The third-order valence-electron chi connectivity index (χ3n) is 5.61. The van der Waals surface area contributed by atoms with Gasteiger partial charge in [-0.25, -0.2) is 9.97 Å². The van der Waals surface area contributed by atoms with Crippen molar-refractivity contribution in [3.05, 3.63) is 71.0 Å². The van der Waals surface area contributed by atoms with E-state index in [9.17, 15) is 23.1 Å². The summed E-state index contributed by atoms with van der Waals surface area (Å²) in [6, 6.07) is 10.6. The van der Waals surface area contributed by atoms with Crippen LogP contribution < -0.4 is 4.90 Å². The minimum absolute atomic E-state index is 0.211. The Morgan fingerprint density at radius 1 is 1.05 bits per heavy atom. The Kier molecular flexibility index (Phi) is 10.9. The van der Waals surface area contributed by atoms with Gasteiger partial charge in [0.25, 0.3) is 0 Å². The summed E-state index contributed by atoms with van der Waals surface area (Å²) in [6.45, 7) is 10.9. The van der Waals surface area contributed by atoms with Crippen molar-refractivity contribution < 1.29 is 27.8 Å². The number of halogens is 3. The molecule has 0 fully saturated rings. The summed E-state index contributed by atoms with van der Waals surface area (Å²) in [6.07, 6.45) is -0.933. The summed E-state index contributed by atoms with van der Waals surface area (Å²) in [7, 11) is 0. The lowest BCUT2D eigenvalue weighted by Gasteiger charge is -2.26. The molecular weight excluding hydrogens is 483 g/mol. The Labute approximate surface area is 216 Å². The molecule has 0 amide bonds. The van der Waals surface area contributed by atoms with Crippen molar-refractivity contribution in [1.29, 1.82) is 0 Å². The molecule has 0 atom stereocenters. The maximum atomic E-state index is 12.9. The summed E-state index contributed by atoms with van der Waals surface area (Å²) in [5.41, 5.74) is 3.20. The van der Waals surface area contributed by atoms with Crippen LogP contribution in [0.5, 0.6) is 5.75 Å². The largest absolute Gasteiger partial charge is 0.508 e. The topological polar surface area (TPSA) is 75.6 Å². The number of nitrogens with zero attached hydrogens (tertiary/aromatic N) is 3. The van der Waals surface area contributed by atoms with Crippen molar-refractivity contribution >= 4 is 11.8 Å². The molecule has 9 heteroatoms. The van der Waals surface area contributed by atoms with E-state index >= 15 is 0 Å². The Bertz CT molecular complexity index is 1170. The van der Waals surface area contributed by atoms with Crippen LogP contribution in [0.4, 0.5) is 19.0 Å².